The van der Waals surface area contributed by atoms with E-state index in [4.69, 9.17) is 0 Å². The molecular formula is C15H22N2O3. The van der Waals surface area contributed by atoms with E-state index in [1.165, 1.54) is 12.1 Å². The molecule has 5 heteroatoms. The molecule has 0 bridgehead atoms. The Kier molecular flexibility index (Phi) is 5.67. The summed E-state index contributed by atoms with van der Waals surface area (Å²) in [7, 11) is 1.81. The lowest BCUT2D eigenvalue weighted by Gasteiger charge is -2.28. The summed E-state index contributed by atoms with van der Waals surface area (Å²) >= 11 is 0. The molecule has 0 aromatic heterocycles. The van der Waals surface area contributed by atoms with Crippen LogP contribution in [-0.2, 0) is 11.2 Å². The number of nitrogens with zero attached hydrogens (tertiary/aromatic N) is 2. The molecule has 0 heterocycles. The third-order valence-corrected chi connectivity index (χ3v) is 3.72. The van der Waals surface area contributed by atoms with Crippen LogP contribution >= 0.6 is 0 Å². The van der Waals surface area contributed by atoms with Crippen LogP contribution in [0, 0.1) is 16.0 Å². The van der Waals surface area contributed by atoms with E-state index in [-0.39, 0.29) is 17.6 Å². The van der Waals surface area contributed by atoms with Gasteiger partial charge >= 0.3 is 0 Å². The van der Waals surface area contributed by atoms with E-state index in [2.05, 4.69) is 13.8 Å². The number of amides is 1. The summed E-state index contributed by atoms with van der Waals surface area (Å²) < 4.78 is 0. The first-order chi connectivity index (χ1) is 9.32. The molecule has 110 valence electrons. The first-order valence-electron chi connectivity index (χ1n) is 6.82. The highest BCUT2D eigenvalue weighted by Gasteiger charge is 2.18. The third kappa shape index (κ3) is 4.33. The summed E-state index contributed by atoms with van der Waals surface area (Å²) in [6, 6.07) is 6.63. The third-order valence-electron chi connectivity index (χ3n) is 3.72. The lowest BCUT2D eigenvalue weighted by atomic mass is 10.0. The highest BCUT2D eigenvalue weighted by molar-refractivity contribution is 5.76. The monoisotopic (exact) mass is 278 g/mol. The molecule has 0 aliphatic rings. The van der Waals surface area contributed by atoms with Gasteiger partial charge in [-0.3, -0.25) is 14.9 Å². The molecule has 1 aromatic rings. The molecule has 1 atom stereocenters. The van der Waals surface area contributed by atoms with E-state index < -0.39 is 4.92 Å². The van der Waals surface area contributed by atoms with Crippen molar-refractivity contribution in [3.63, 3.8) is 0 Å². The first kappa shape index (κ1) is 16.1. The molecule has 1 rings (SSSR count). The summed E-state index contributed by atoms with van der Waals surface area (Å²) in [6.45, 7) is 6.18. The van der Waals surface area contributed by atoms with Gasteiger partial charge in [-0.15, -0.1) is 0 Å². The standard InChI is InChI=1S/C15H22N2O3/c1-11(2)12(3)16(4)15(18)9-8-13-6-5-7-14(10-13)17(19)20/h5-7,10-12H,8-9H2,1-4H3/t12-/m0/s1. The van der Waals surface area contributed by atoms with Crippen molar-refractivity contribution in [1.82, 2.24) is 4.90 Å². The van der Waals surface area contributed by atoms with Crippen molar-refractivity contribution >= 4 is 11.6 Å². The minimum atomic E-state index is -0.418. The van der Waals surface area contributed by atoms with Crippen LogP contribution in [0.4, 0.5) is 5.69 Å². The van der Waals surface area contributed by atoms with Crippen molar-refractivity contribution in [3.8, 4) is 0 Å². The molecule has 0 fully saturated rings. The molecule has 0 radical (unpaired) electrons. The van der Waals surface area contributed by atoms with E-state index in [0.717, 1.165) is 5.56 Å². The second-order valence-electron chi connectivity index (χ2n) is 5.42. The zero-order valence-electron chi connectivity index (χ0n) is 12.5. The lowest BCUT2D eigenvalue weighted by Crippen LogP contribution is -2.38. The van der Waals surface area contributed by atoms with Gasteiger partial charge in [0.05, 0.1) is 4.92 Å². The van der Waals surface area contributed by atoms with E-state index in [0.29, 0.717) is 18.8 Å². The van der Waals surface area contributed by atoms with Crippen molar-refractivity contribution in [2.75, 3.05) is 7.05 Å². The Hall–Kier alpha value is -1.91. The fourth-order valence-electron chi connectivity index (χ4n) is 1.93. The van der Waals surface area contributed by atoms with Crippen molar-refractivity contribution in [2.24, 2.45) is 5.92 Å². The number of nitro benzene ring substituents is 1. The molecule has 0 aliphatic carbocycles. The van der Waals surface area contributed by atoms with Gasteiger partial charge in [-0.25, -0.2) is 0 Å². The number of aryl methyl sites for hydroxylation is 1. The van der Waals surface area contributed by atoms with Gasteiger partial charge in [-0.2, -0.15) is 0 Å². The Labute approximate surface area is 119 Å². The number of rotatable bonds is 6. The van der Waals surface area contributed by atoms with Crippen LogP contribution in [0.2, 0.25) is 0 Å². The maximum Gasteiger partial charge on any atom is 0.269 e. The van der Waals surface area contributed by atoms with Crippen LogP contribution < -0.4 is 0 Å². The summed E-state index contributed by atoms with van der Waals surface area (Å²) in [5, 5.41) is 10.7. The molecular weight excluding hydrogens is 256 g/mol. The fourth-order valence-corrected chi connectivity index (χ4v) is 1.93. The van der Waals surface area contributed by atoms with Gasteiger partial charge in [-0.1, -0.05) is 26.0 Å². The number of hydrogen-bond donors (Lipinski definition) is 0. The number of carbonyl (C=O) groups excluding carboxylic acids is 1. The number of hydrogen-bond acceptors (Lipinski definition) is 3. The molecule has 0 saturated carbocycles. The van der Waals surface area contributed by atoms with Gasteiger partial charge in [0.15, 0.2) is 0 Å². The second kappa shape index (κ2) is 7.03. The van der Waals surface area contributed by atoms with E-state index in [1.54, 1.807) is 18.0 Å². The normalized spacial score (nSPS) is 12.2. The summed E-state index contributed by atoms with van der Waals surface area (Å²) in [5.74, 6) is 0.472. The number of nitro groups is 1. The van der Waals surface area contributed by atoms with Gasteiger partial charge in [0.25, 0.3) is 5.69 Å². The van der Waals surface area contributed by atoms with Crippen LogP contribution in [0.1, 0.15) is 32.8 Å². The van der Waals surface area contributed by atoms with Crippen molar-refractivity contribution < 1.29 is 9.72 Å². The van der Waals surface area contributed by atoms with Crippen molar-refractivity contribution in [3.05, 3.63) is 39.9 Å². The van der Waals surface area contributed by atoms with Crippen LogP contribution in [-0.4, -0.2) is 28.8 Å². The van der Waals surface area contributed by atoms with Crippen LogP contribution in [0.15, 0.2) is 24.3 Å². The molecule has 0 unspecified atom stereocenters. The topological polar surface area (TPSA) is 63.5 Å². The number of benzene rings is 1. The smallest absolute Gasteiger partial charge is 0.269 e. The molecule has 0 aliphatic heterocycles. The maximum absolute atomic E-state index is 12.1. The first-order valence-corrected chi connectivity index (χ1v) is 6.82. The SMILES string of the molecule is CC(C)[C@H](C)N(C)C(=O)CCc1cccc([N+](=O)[O-])c1. The van der Waals surface area contributed by atoms with Crippen LogP contribution in [0.5, 0.6) is 0 Å². The fraction of sp³-hybridized carbons (Fsp3) is 0.533. The maximum atomic E-state index is 12.1. The minimum Gasteiger partial charge on any atom is -0.343 e. The molecule has 5 nitrogen and oxygen atoms in total. The lowest BCUT2D eigenvalue weighted by molar-refractivity contribution is -0.384. The van der Waals surface area contributed by atoms with Gasteiger partial charge < -0.3 is 4.90 Å². The van der Waals surface area contributed by atoms with Gasteiger partial charge in [0.2, 0.25) is 5.91 Å². The van der Waals surface area contributed by atoms with E-state index in [1.807, 2.05) is 13.0 Å². The zero-order chi connectivity index (χ0) is 15.3. The Bertz CT molecular complexity index is 486. The second-order valence-corrected chi connectivity index (χ2v) is 5.42. The van der Waals surface area contributed by atoms with Gasteiger partial charge in [0, 0.05) is 31.6 Å². The van der Waals surface area contributed by atoms with Gasteiger partial charge in [0.1, 0.15) is 0 Å². The largest absolute Gasteiger partial charge is 0.343 e. The molecule has 1 amide bonds. The predicted octanol–water partition coefficient (Wildman–Crippen LogP) is 3.03. The van der Waals surface area contributed by atoms with E-state index in [9.17, 15) is 14.9 Å². The summed E-state index contributed by atoms with van der Waals surface area (Å²) in [5.41, 5.74) is 0.886. The average Bonchev–Trinajstić information content (AvgIpc) is 2.43. The molecule has 0 saturated heterocycles. The highest BCUT2D eigenvalue weighted by Crippen LogP contribution is 2.15. The van der Waals surface area contributed by atoms with Gasteiger partial charge in [-0.05, 0) is 24.8 Å². The van der Waals surface area contributed by atoms with Crippen molar-refractivity contribution in [2.45, 2.75) is 39.7 Å². The van der Waals surface area contributed by atoms with Crippen LogP contribution in [0.25, 0.3) is 0 Å². The van der Waals surface area contributed by atoms with Crippen molar-refractivity contribution in [1.29, 1.82) is 0 Å². The predicted molar refractivity (Wildman–Crippen MR) is 78.5 cm³/mol. The minimum absolute atomic E-state index is 0.0673. The number of non-ortho nitro benzene ring substituents is 1. The number of carbonyl (C=O) groups is 1. The Balaban J connectivity index is 2.61. The molecule has 0 spiro atoms. The Morgan fingerprint density at radius 1 is 1.35 bits per heavy atom. The average molecular weight is 278 g/mol. The Morgan fingerprint density at radius 2 is 2.00 bits per heavy atom. The Morgan fingerprint density at radius 3 is 2.55 bits per heavy atom. The van der Waals surface area contributed by atoms with Crippen LogP contribution in [0.3, 0.4) is 0 Å². The summed E-state index contributed by atoms with van der Waals surface area (Å²) in [6.07, 6.45) is 0.893. The summed E-state index contributed by atoms with van der Waals surface area (Å²) in [4.78, 5) is 24.1. The zero-order valence-corrected chi connectivity index (χ0v) is 12.5. The quantitative estimate of drug-likeness (QED) is 0.593. The van der Waals surface area contributed by atoms with E-state index >= 15 is 0 Å². The molecule has 20 heavy (non-hydrogen) atoms. The molecule has 1 aromatic carbocycles. The highest BCUT2D eigenvalue weighted by atomic mass is 16.6. The molecule has 0 N–H and O–H groups in total.